The van der Waals surface area contributed by atoms with E-state index in [9.17, 15) is 14.4 Å². The molecule has 1 heterocycles. The molecule has 0 spiro atoms. The largest absolute Gasteiger partial charge is 0.359 e. The first-order chi connectivity index (χ1) is 12.0. The molecular formula is C20H31N3O3. The number of carbonyl (C=O) groups excluding carboxylic acids is 3. The van der Waals surface area contributed by atoms with E-state index in [1.54, 1.807) is 20.9 Å². The summed E-state index contributed by atoms with van der Waals surface area (Å²) in [6.45, 7) is 13.8. The van der Waals surface area contributed by atoms with Gasteiger partial charge in [-0.1, -0.05) is 52.0 Å². The molecule has 0 aliphatic carbocycles. The number of nitrogens with one attached hydrogen (secondary N) is 2. The molecule has 144 valence electrons. The van der Waals surface area contributed by atoms with Crippen LogP contribution in [0.5, 0.6) is 0 Å². The summed E-state index contributed by atoms with van der Waals surface area (Å²) in [5.41, 5.74) is 1.68. The topological polar surface area (TPSA) is 78.5 Å². The van der Waals surface area contributed by atoms with Gasteiger partial charge >= 0.3 is 6.03 Å². The van der Waals surface area contributed by atoms with Gasteiger partial charge < -0.3 is 20.3 Å². The third-order valence-electron chi connectivity index (χ3n) is 4.60. The van der Waals surface area contributed by atoms with Crippen molar-refractivity contribution in [3.05, 3.63) is 35.6 Å². The van der Waals surface area contributed by atoms with Gasteiger partial charge in [0.2, 0.25) is 5.91 Å². The minimum atomic E-state index is -0.782. The third-order valence-corrected chi connectivity index (χ3v) is 4.60. The van der Waals surface area contributed by atoms with Crippen molar-refractivity contribution in [2.24, 2.45) is 11.3 Å². The number of allylic oxidation sites excluding steroid dienone is 3. The highest BCUT2D eigenvalue weighted by Gasteiger charge is 2.34. The molecule has 0 bridgehead atoms. The Kier molecular flexibility index (Phi) is 7.36. The molecule has 0 aromatic rings. The summed E-state index contributed by atoms with van der Waals surface area (Å²) in [5.74, 6) is 0.0284. The van der Waals surface area contributed by atoms with Gasteiger partial charge in [-0.15, -0.1) is 0 Å². The Hall–Kier alpha value is -2.37. The van der Waals surface area contributed by atoms with Crippen LogP contribution in [0.3, 0.4) is 0 Å². The molecule has 6 heteroatoms. The molecule has 3 amide bonds. The predicted octanol–water partition coefficient (Wildman–Crippen LogP) is 2.78. The van der Waals surface area contributed by atoms with E-state index in [1.807, 2.05) is 32.9 Å². The van der Waals surface area contributed by atoms with Crippen LogP contribution in [0.4, 0.5) is 4.79 Å². The van der Waals surface area contributed by atoms with Crippen LogP contribution >= 0.6 is 0 Å². The van der Waals surface area contributed by atoms with Gasteiger partial charge in [0, 0.05) is 24.7 Å². The molecule has 1 atom stereocenters. The van der Waals surface area contributed by atoms with E-state index in [2.05, 4.69) is 17.2 Å². The molecular weight excluding hydrogens is 330 g/mol. The monoisotopic (exact) mass is 361 g/mol. The Bertz CT molecular complexity index is 645. The minimum Gasteiger partial charge on any atom is -0.359 e. The lowest BCUT2D eigenvalue weighted by molar-refractivity contribution is -0.130. The Morgan fingerprint density at radius 1 is 1.46 bits per heavy atom. The van der Waals surface area contributed by atoms with E-state index in [0.717, 1.165) is 17.4 Å². The fourth-order valence-corrected chi connectivity index (χ4v) is 2.98. The van der Waals surface area contributed by atoms with Gasteiger partial charge in [0.1, 0.15) is 6.29 Å². The fourth-order valence-electron chi connectivity index (χ4n) is 2.98. The van der Waals surface area contributed by atoms with E-state index in [1.165, 1.54) is 4.90 Å². The zero-order valence-electron chi connectivity index (χ0n) is 16.7. The second-order valence-corrected chi connectivity index (χ2v) is 7.63. The number of aldehydes is 1. The summed E-state index contributed by atoms with van der Waals surface area (Å²) in [4.78, 5) is 38.0. The Labute approximate surface area is 156 Å². The van der Waals surface area contributed by atoms with Gasteiger partial charge in [0.05, 0.1) is 6.04 Å². The van der Waals surface area contributed by atoms with Crippen molar-refractivity contribution >= 4 is 18.2 Å². The van der Waals surface area contributed by atoms with Crippen LogP contribution in [0.2, 0.25) is 0 Å². The van der Waals surface area contributed by atoms with E-state index in [-0.39, 0.29) is 24.8 Å². The Morgan fingerprint density at radius 2 is 2.08 bits per heavy atom. The molecule has 0 aromatic heterocycles. The number of amides is 3. The summed E-state index contributed by atoms with van der Waals surface area (Å²) in [6.07, 6.45) is 4.86. The summed E-state index contributed by atoms with van der Waals surface area (Å²) in [6, 6.07) is -1.11. The molecule has 1 rings (SSSR count). The van der Waals surface area contributed by atoms with Gasteiger partial charge in [-0.25, -0.2) is 4.79 Å². The first-order valence-electron chi connectivity index (χ1n) is 8.86. The van der Waals surface area contributed by atoms with Crippen molar-refractivity contribution in [1.29, 1.82) is 0 Å². The fraction of sp³-hybridized carbons (Fsp3) is 0.550. The average Bonchev–Trinajstić information content (AvgIpc) is 2.61. The van der Waals surface area contributed by atoms with Crippen molar-refractivity contribution in [2.75, 3.05) is 13.6 Å². The molecule has 1 unspecified atom stereocenters. The standard InChI is InChI=1S/C20H31N3O3/c1-13(2)17-10-14(3)8-9-23(19(26)22-15(17)4)16(12-24)11-20(5,6)18(25)21-7/h8,10,12-13,16H,4,9,11H2,1-3,5-7H3,(H,21,25)(H,22,26)/b14-8-,17-10-. The Morgan fingerprint density at radius 3 is 2.58 bits per heavy atom. The highest BCUT2D eigenvalue weighted by atomic mass is 16.2. The van der Waals surface area contributed by atoms with E-state index < -0.39 is 17.5 Å². The minimum absolute atomic E-state index is 0.172. The zero-order valence-corrected chi connectivity index (χ0v) is 16.7. The first kappa shape index (κ1) is 21.7. The normalized spacial score (nSPS) is 21.4. The summed E-state index contributed by atoms with van der Waals surface area (Å²) in [7, 11) is 1.56. The number of hydrogen-bond donors (Lipinski definition) is 2. The highest BCUT2D eigenvalue weighted by Crippen LogP contribution is 2.26. The number of nitrogens with zero attached hydrogens (tertiary/aromatic N) is 1. The van der Waals surface area contributed by atoms with Crippen molar-refractivity contribution in [2.45, 2.75) is 47.1 Å². The average molecular weight is 361 g/mol. The van der Waals surface area contributed by atoms with Crippen LogP contribution in [0.1, 0.15) is 41.0 Å². The van der Waals surface area contributed by atoms with Crippen LogP contribution < -0.4 is 10.6 Å². The molecule has 0 fully saturated rings. The molecule has 1 aliphatic rings. The van der Waals surface area contributed by atoms with Crippen LogP contribution in [-0.2, 0) is 9.59 Å². The second kappa shape index (κ2) is 8.83. The third kappa shape index (κ3) is 5.31. The number of urea groups is 1. The molecule has 2 N–H and O–H groups in total. The van der Waals surface area contributed by atoms with Gasteiger partial charge in [-0.2, -0.15) is 0 Å². The zero-order chi connectivity index (χ0) is 20.1. The van der Waals surface area contributed by atoms with Crippen LogP contribution in [-0.4, -0.2) is 42.8 Å². The number of hydrogen-bond acceptors (Lipinski definition) is 3. The number of rotatable bonds is 6. The maximum Gasteiger partial charge on any atom is 0.322 e. The van der Waals surface area contributed by atoms with Crippen LogP contribution in [0.25, 0.3) is 0 Å². The molecule has 26 heavy (non-hydrogen) atoms. The smallest absolute Gasteiger partial charge is 0.322 e. The van der Waals surface area contributed by atoms with Crippen molar-refractivity contribution in [1.82, 2.24) is 15.5 Å². The number of carbonyl (C=O) groups is 3. The predicted molar refractivity (Wildman–Crippen MR) is 103 cm³/mol. The molecule has 0 saturated heterocycles. The maximum atomic E-state index is 12.8. The van der Waals surface area contributed by atoms with E-state index >= 15 is 0 Å². The summed E-state index contributed by atoms with van der Waals surface area (Å²) < 4.78 is 0. The molecule has 6 nitrogen and oxygen atoms in total. The van der Waals surface area contributed by atoms with E-state index in [0.29, 0.717) is 5.70 Å². The maximum absolute atomic E-state index is 12.8. The SMILES string of the molecule is C=C1NC(=O)N(C(C=O)CC(C)(C)C(=O)NC)C/C=C(C)\C=C/1C(C)C. The lowest BCUT2D eigenvalue weighted by Crippen LogP contribution is -2.50. The molecule has 0 radical (unpaired) electrons. The van der Waals surface area contributed by atoms with Gasteiger partial charge in [0.15, 0.2) is 0 Å². The lowest BCUT2D eigenvalue weighted by atomic mass is 9.84. The quantitative estimate of drug-likeness (QED) is 0.714. The van der Waals surface area contributed by atoms with Gasteiger partial charge in [0.25, 0.3) is 0 Å². The van der Waals surface area contributed by atoms with Gasteiger partial charge in [-0.05, 0) is 24.8 Å². The first-order valence-corrected chi connectivity index (χ1v) is 8.86. The summed E-state index contributed by atoms with van der Waals surface area (Å²) in [5, 5.41) is 5.40. The molecule has 1 aliphatic heterocycles. The van der Waals surface area contributed by atoms with Crippen LogP contribution in [0.15, 0.2) is 35.6 Å². The van der Waals surface area contributed by atoms with Gasteiger partial charge in [-0.3, -0.25) is 4.79 Å². The summed E-state index contributed by atoms with van der Waals surface area (Å²) >= 11 is 0. The van der Waals surface area contributed by atoms with Crippen molar-refractivity contribution in [3.8, 4) is 0 Å². The molecule has 0 aromatic carbocycles. The lowest BCUT2D eigenvalue weighted by Gasteiger charge is -2.33. The van der Waals surface area contributed by atoms with Crippen molar-refractivity contribution < 1.29 is 14.4 Å². The van der Waals surface area contributed by atoms with E-state index in [4.69, 9.17) is 0 Å². The second-order valence-electron chi connectivity index (χ2n) is 7.63. The van der Waals surface area contributed by atoms with Crippen LogP contribution in [0, 0.1) is 11.3 Å². The van der Waals surface area contributed by atoms with Crippen molar-refractivity contribution in [3.63, 3.8) is 0 Å². The highest BCUT2D eigenvalue weighted by molar-refractivity contribution is 5.84. The Balaban J connectivity index is 3.14. The molecule has 0 saturated carbocycles.